The number of hydrogen-bond acceptors (Lipinski definition) is 2. The van der Waals surface area contributed by atoms with Crippen molar-refractivity contribution in [1.82, 2.24) is 5.32 Å². The van der Waals surface area contributed by atoms with Crippen LogP contribution in [-0.4, -0.2) is 19.7 Å². The van der Waals surface area contributed by atoms with Crippen LogP contribution in [0.25, 0.3) is 11.6 Å². The second-order valence-corrected chi connectivity index (χ2v) is 7.02. The molecule has 2 aromatic carbocycles. The zero-order valence-corrected chi connectivity index (χ0v) is 16.4. The maximum atomic E-state index is 6.40. The minimum absolute atomic E-state index is 0.781. The summed E-state index contributed by atoms with van der Waals surface area (Å²) in [6.45, 7) is 5.03. The van der Waals surface area contributed by atoms with Crippen molar-refractivity contribution >= 4 is 11.6 Å². The van der Waals surface area contributed by atoms with Gasteiger partial charge in [0, 0.05) is 5.57 Å². The predicted octanol–water partition coefficient (Wildman–Crippen LogP) is 6.07. The molecule has 0 bridgehead atoms. The van der Waals surface area contributed by atoms with Gasteiger partial charge in [0.15, 0.2) is 0 Å². The van der Waals surface area contributed by atoms with Gasteiger partial charge < -0.3 is 10.1 Å². The van der Waals surface area contributed by atoms with Gasteiger partial charge >= 0.3 is 0 Å². The molecule has 0 aromatic heterocycles. The van der Waals surface area contributed by atoms with Crippen molar-refractivity contribution in [3.05, 3.63) is 83.1 Å². The van der Waals surface area contributed by atoms with E-state index >= 15 is 0 Å². The number of hydrogen-bond donors (Lipinski definition) is 1. The van der Waals surface area contributed by atoms with Crippen LogP contribution in [-0.2, 0) is 4.74 Å². The largest absolute Gasteiger partial charge is 0.493 e. The Hall–Kier alpha value is -2.32. The van der Waals surface area contributed by atoms with Crippen LogP contribution >= 0.6 is 0 Å². The molecule has 1 aliphatic carbocycles. The van der Waals surface area contributed by atoms with Gasteiger partial charge in [0.25, 0.3) is 0 Å². The lowest BCUT2D eigenvalue weighted by Crippen LogP contribution is -2.14. The molecule has 27 heavy (non-hydrogen) atoms. The topological polar surface area (TPSA) is 21.3 Å². The molecule has 0 atom stereocenters. The molecule has 0 fully saturated rings. The summed E-state index contributed by atoms with van der Waals surface area (Å²) in [5.41, 5.74) is 5.22. The van der Waals surface area contributed by atoms with Crippen LogP contribution in [0.5, 0.6) is 0 Å². The molecule has 0 saturated heterocycles. The van der Waals surface area contributed by atoms with Gasteiger partial charge in [-0.05, 0) is 68.0 Å². The van der Waals surface area contributed by atoms with Crippen LogP contribution < -0.4 is 5.32 Å². The molecule has 2 nitrogen and oxygen atoms in total. The highest BCUT2D eigenvalue weighted by atomic mass is 16.5. The molecular weight excluding hydrogens is 330 g/mol. The molecule has 3 rings (SSSR count). The summed E-state index contributed by atoms with van der Waals surface area (Å²) in [5, 5.41) is 3.38. The van der Waals surface area contributed by atoms with Crippen LogP contribution in [0.2, 0.25) is 0 Å². The zero-order valence-electron chi connectivity index (χ0n) is 16.4. The first-order chi connectivity index (χ1) is 13.4. The second-order valence-electron chi connectivity index (χ2n) is 7.02. The highest BCUT2D eigenvalue weighted by molar-refractivity contribution is 5.75. The second kappa shape index (κ2) is 10.7. The van der Waals surface area contributed by atoms with Gasteiger partial charge in [-0.2, -0.15) is 0 Å². The van der Waals surface area contributed by atoms with Crippen molar-refractivity contribution in [2.24, 2.45) is 0 Å². The summed E-state index contributed by atoms with van der Waals surface area (Å²) in [6, 6.07) is 21.3. The average Bonchev–Trinajstić information content (AvgIpc) is 2.73. The van der Waals surface area contributed by atoms with Gasteiger partial charge in [0.1, 0.15) is 5.76 Å². The summed E-state index contributed by atoms with van der Waals surface area (Å²) >= 11 is 0. The molecule has 1 aliphatic rings. The molecule has 142 valence electrons. The highest BCUT2D eigenvalue weighted by Crippen LogP contribution is 2.37. The number of nitrogens with one attached hydrogen (secondary N) is 1. The summed E-state index contributed by atoms with van der Waals surface area (Å²) in [7, 11) is 0. The number of ether oxygens (including phenoxy) is 1. The standard InChI is InChI=1S/C25H31NO/c1-2-26-18-9-10-19-27-25-23(20-21-12-5-3-6-13-21)16-11-17-24(25)22-14-7-4-8-15-22/h3-8,12-15,20,26H,2,9-11,16-19H2,1H3. The van der Waals surface area contributed by atoms with Crippen LogP contribution in [0.1, 0.15) is 50.2 Å². The monoisotopic (exact) mass is 361 g/mol. The van der Waals surface area contributed by atoms with E-state index in [4.69, 9.17) is 4.74 Å². The van der Waals surface area contributed by atoms with E-state index in [0.29, 0.717) is 0 Å². The zero-order chi connectivity index (χ0) is 18.7. The Labute approximate surface area is 164 Å². The Morgan fingerprint density at radius 1 is 0.926 bits per heavy atom. The van der Waals surface area contributed by atoms with Crippen molar-refractivity contribution < 1.29 is 4.74 Å². The van der Waals surface area contributed by atoms with Crippen LogP contribution in [0.3, 0.4) is 0 Å². The molecular formula is C25H31NO. The van der Waals surface area contributed by atoms with E-state index < -0.39 is 0 Å². The highest BCUT2D eigenvalue weighted by Gasteiger charge is 2.20. The summed E-state index contributed by atoms with van der Waals surface area (Å²) in [4.78, 5) is 0. The third-order valence-electron chi connectivity index (χ3n) is 4.95. The van der Waals surface area contributed by atoms with E-state index in [1.807, 2.05) is 0 Å². The lowest BCUT2D eigenvalue weighted by Gasteiger charge is -2.24. The maximum absolute atomic E-state index is 6.40. The van der Waals surface area contributed by atoms with E-state index in [-0.39, 0.29) is 0 Å². The quantitative estimate of drug-likeness (QED) is 0.547. The van der Waals surface area contributed by atoms with Gasteiger partial charge in [-0.15, -0.1) is 0 Å². The van der Waals surface area contributed by atoms with Gasteiger partial charge in [-0.25, -0.2) is 0 Å². The third-order valence-corrected chi connectivity index (χ3v) is 4.95. The first-order valence-electron chi connectivity index (χ1n) is 10.3. The number of rotatable bonds is 9. The lowest BCUT2D eigenvalue weighted by molar-refractivity contribution is 0.211. The summed E-state index contributed by atoms with van der Waals surface area (Å²) < 4.78 is 6.40. The molecule has 2 heteroatoms. The molecule has 2 aromatic rings. The minimum Gasteiger partial charge on any atom is -0.493 e. The molecule has 0 spiro atoms. The molecule has 1 N–H and O–H groups in total. The fraction of sp³-hybridized carbons (Fsp3) is 0.360. The van der Waals surface area contributed by atoms with E-state index in [1.54, 1.807) is 0 Å². The maximum Gasteiger partial charge on any atom is 0.126 e. The molecule has 0 unspecified atom stereocenters. The Morgan fingerprint density at radius 3 is 2.41 bits per heavy atom. The first kappa shape index (κ1) is 19.4. The Balaban J connectivity index is 1.82. The van der Waals surface area contributed by atoms with Crippen molar-refractivity contribution in [3.8, 4) is 0 Å². The molecule has 0 radical (unpaired) electrons. The van der Waals surface area contributed by atoms with Crippen LogP contribution in [0.15, 0.2) is 72.0 Å². The van der Waals surface area contributed by atoms with Gasteiger partial charge in [0.05, 0.1) is 6.61 Å². The predicted molar refractivity (Wildman–Crippen MR) is 115 cm³/mol. The molecule has 0 saturated carbocycles. The number of unbranched alkanes of at least 4 members (excludes halogenated alkanes) is 1. The number of benzene rings is 2. The Bertz CT molecular complexity index is 746. The van der Waals surface area contributed by atoms with Gasteiger partial charge in [0.2, 0.25) is 0 Å². The number of allylic oxidation sites excluding steroid dienone is 2. The van der Waals surface area contributed by atoms with Crippen LogP contribution in [0, 0.1) is 0 Å². The van der Waals surface area contributed by atoms with E-state index in [0.717, 1.165) is 51.1 Å². The fourth-order valence-electron chi connectivity index (χ4n) is 3.56. The first-order valence-corrected chi connectivity index (χ1v) is 10.3. The molecule has 0 heterocycles. The summed E-state index contributed by atoms with van der Waals surface area (Å²) in [5.74, 6) is 1.11. The minimum atomic E-state index is 0.781. The van der Waals surface area contributed by atoms with Crippen LogP contribution in [0.4, 0.5) is 0 Å². The lowest BCUT2D eigenvalue weighted by atomic mass is 9.88. The van der Waals surface area contributed by atoms with Gasteiger partial charge in [-0.1, -0.05) is 67.6 Å². The summed E-state index contributed by atoms with van der Waals surface area (Å²) in [6.07, 6.45) is 7.88. The van der Waals surface area contributed by atoms with E-state index in [1.165, 1.54) is 28.7 Å². The SMILES string of the molecule is CCNCCCCOC1=C(c2ccccc2)CCCC1=Cc1ccccc1. The van der Waals surface area contributed by atoms with Crippen molar-refractivity contribution in [2.45, 2.75) is 39.0 Å². The Morgan fingerprint density at radius 2 is 1.67 bits per heavy atom. The third kappa shape index (κ3) is 5.83. The van der Waals surface area contributed by atoms with Crippen molar-refractivity contribution in [2.75, 3.05) is 19.7 Å². The molecule has 0 amide bonds. The average molecular weight is 362 g/mol. The van der Waals surface area contributed by atoms with E-state index in [2.05, 4.69) is 79.0 Å². The van der Waals surface area contributed by atoms with Crippen molar-refractivity contribution in [1.29, 1.82) is 0 Å². The normalized spacial score (nSPS) is 16.0. The van der Waals surface area contributed by atoms with Gasteiger partial charge in [-0.3, -0.25) is 0 Å². The smallest absolute Gasteiger partial charge is 0.126 e. The Kier molecular flexibility index (Phi) is 7.73. The fourth-order valence-corrected chi connectivity index (χ4v) is 3.56. The molecule has 0 aliphatic heterocycles. The van der Waals surface area contributed by atoms with Crippen molar-refractivity contribution in [3.63, 3.8) is 0 Å². The van der Waals surface area contributed by atoms with E-state index in [9.17, 15) is 0 Å².